The zero-order valence-corrected chi connectivity index (χ0v) is 12.3. The highest BCUT2D eigenvalue weighted by molar-refractivity contribution is 7.98. The first-order chi connectivity index (χ1) is 8.86. The maximum atomic E-state index is 3.68. The SMILES string of the molecule is Cc1ccccc1CSCCCNC1CCCC1. The molecule has 1 saturated carbocycles. The predicted octanol–water partition coefficient (Wildman–Crippen LogP) is 4.15. The van der Waals surface area contributed by atoms with E-state index in [9.17, 15) is 0 Å². The normalized spacial score (nSPS) is 16.3. The van der Waals surface area contributed by atoms with Gasteiger partial charge in [0.25, 0.3) is 0 Å². The molecule has 1 aromatic rings. The Balaban J connectivity index is 1.52. The third-order valence-corrected chi connectivity index (χ3v) is 4.86. The van der Waals surface area contributed by atoms with Crippen LogP contribution in [0.2, 0.25) is 0 Å². The summed E-state index contributed by atoms with van der Waals surface area (Å²) in [6.07, 6.45) is 6.96. The van der Waals surface area contributed by atoms with Gasteiger partial charge >= 0.3 is 0 Å². The van der Waals surface area contributed by atoms with Gasteiger partial charge in [0.05, 0.1) is 0 Å². The van der Waals surface area contributed by atoms with E-state index in [4.69, 9.17) is 0 Å². The third kappa shape index (κ3) is 4.66. The second-order valence-corrected chi connectivity index (χ2v) is 6.37. The molecule has 1 aliphatic rings. The number of benzene rings is 1. The van der Waals surface area contributed by atoms with Crippen molar-refractivity contribution in [2.24, 2.45) is 0 Å². The molecule has 1 fully saturated rings. The van der Waals surface area contributed by atoms with Crippen molar-refractivity contribution in [2.45, 2.75) is 50.8 Å². The molecule has 1 aliphatic carbocycles. The van der Waals surface area contributed by atoms with E-state index in [1.54, 1.807) is 0 Å². The molecule has 0 aromatic heterocycles. The van der Waals surface area contributed by atoms with E-state index in [1.807, 2.05) is 0 Å². The van der Waals surface area contributed by atoms with Crippen LogP contribution in [0.15, 0.2) is 24.3 Å². The van der Waals surface area contributed by atoms with Crippen LogP contribution in [-0.2, 0) is 5.75 Å². The van der Waals surface area contributed by atoms with Crippen molar-refractivity contribution in [3.8, 4) is 0 Å². The van der Waals surface area contributed by atoms with Crippen molar-refractivity contribution >= 4 is 11.8 Å². The first-order valence-corrected chi connectivity index (χ1v) is 8.37. The van der Waals surface area contributed by atoms with Crippen molar-refractivity contribution < 1.29 is 0 Å². The van der Waals surface area contributed by atoms with Crippen LogP contribution in [0.4, 0.5) is 0 Å². The van der Waals surface area contributed by atoms with Crippen molar-refractivity contribution in [2.75, 3.05) is 12.3 Å². The molecule has 0 atom stereocenters. The summed E-state index contributed by atoms with van der Waals surface area (Å²) in [4.78, 5) is 0. The molecule has 0 saturated heterocycles. The van der Waals surface area contributed by atoms with Gasteiger partial charge in [-0.2, -0.15) is 11.8 Å². The number of hydrogen-bond acceptors (Lipinski definition) is 2. The Labute approximate surface area is 116 Å². The lowest BCUT2D eigenvalue weighted by molar-refractivity contribution is 0.525. The highest BCUT2D eigenvalue weighted by Crippen LogP contribution is 2.18. The second kappa shape index (κ2) is 7.85. The fourth-order valence-electron chi connectivity index (χ4n) is 2.56. The Kier molecular flexibility index (Phi) is 6.09. The van der Waals surface area contributed by atoms with Gasteiger partial charge in [0, 0.05) is 11.8 Å². The van der Waals surface area contributed by atoms with Gasteiger partial charge in [-0.05, 0) is 49.6 Å². The monoisotopic (exact) mass is 263 g/mol. The van der Waals surface area contributed by atoms with Gasteiger partial charge in [0.1, 0.15) is 0 Å². The van der Waals surface area contributed by atoms with Gasteiger partial charge in [-0.1, -0.05) is 37.1 Å². The minimum Gasteiger partial charge on any atom is -0.314 e. The molecule has 18 heavy (non-hydrogen) atoms. The third-order valence-electron chi connectivity index (χ3n) is 3.77. The molecule has 1 nitrogen and oxygen atoms in total. The van der Waals surface area contributed by atoms with Crippen LogP contribution in [0, 0.1) is 6.92 Å². The summed E-state index contributed by atoms with van der Waals surface area (Å²) in [5, 5.41) is 3.68. The van der Waals surface area contributed by atoms with Gasteiger partial charge in [0.15, 0.2) is 0 Å². The van der Waals surface area contributed by atoms with E-state index in [0.29, 0.717) is 0 Å². The molecule has 0 aliphatic heterocycles. The molecular weight excluding hydrogens is 238 g/mol. The number of hydrogen-bond donors (Lipinski definition) is 1. The molecule has 2 heteroatoms. The lowest BCUT2D eigenvalue weighted by atomic mass is 10.1. The molecule has 0 amide bonds. The molecular formula is C16H25NS. The van der Waals surface area contributed by atoms with Crippen LogP contribution in [0.25, 0.3) is 0 Å². The van der Waals surface area contributed by atoms with Crippen LogP contribution >= 0.6 is 11.8 Å². The van der Waals surface area contributed by atoms with Crippen LogP contribution in [0.1, 0.15) is 43.2 Å². The minimum absolute atomic E-state index is 0.825. The first-order valence-electron chi connectivity index (χ1n) is 7.22. The fraction of sp³-hybridized carbons (Fsp3) is 0.625. The van der Waals surface area contributed by atoms with Gasteiger partial charge in [0.2, 0.25) is 0 Å². The largest absolute Gasteiger partial charge is 0.314 e. The summed E-state index contributed by atoms with van der Waals surface area (Å²) in [5.41, 5.74) is 2.92. The first kappa shape index (κ1) is 14.0. The Morgan fingerprint density at radius 1 is 1.22 bits per heavy atom. The highest BCUT2D eigenvalue weighted by Gasteiger charge is 2.12. The molecule has 100 valence electrons. The molecule has 2 rings (SSSR count). The number of aryl methyl sites for hydroxylation is 1. The zero-order chi connectivity index (χ0) is 12.6. The Hall–Kier alpha value is -0.470. The van der Waals surface area contributed by atoms with Gasteiger partial charge in [-0.3, -0.25) is 0 Å². The number of thioether (sulfide) groups is 1. The van der Waals surface area contributed by atoms with Gasteiger partial charge < -0.3 is 5.32 Å². The summed E-state index contributed by atoms with van der Waals surface area (Å²) in [7, 11) is 0. The molecule has 0 heterocycles. The van der Waals surface area contributed by atoms with E-state index < -0.39 is 0 Å². The van der Waals surface area contributed by atoms with E-state index in [2.05, 4.69) is 48.3 Å². The summed E-state index contributed by atoms with van der Waals surface area (Å²) in [6.45, 7) is 3.41. The van der Waals surface area contributed by atoms with Crippen molar-refractivity contribution in [1.82, 2.24) is 5.32 Å². The molecule has 0 spiro atoms. The lowest BCUT2D eigenvalue weighted by Gasteiger charge is -2.11. The maximum absolute atomic E-state index is 3.68. The van der Waals surface area contributed by atoms with Crippen molar-refractivity contribution in [3.05, 3.63) is 35.4 Å². The fourth-order valence-corrected chi connectivity index (χ4v) is 3.60. The minimum atomic E-state index is 0.825. The summed E-state index contributed by atoms with van der Waals surface area (Å²) in [5.74, 6) is 2.43. The van der Waals surface area contributed by atoms with Gasteiger partial charge in [-0.15, -0.1) is 0 Å². The average Bonchev–Trinajstić information content (AvgIpc) is 2.89. The second-order valence-electron chi connectivity index (χ2n) is 5.27. The van der Waals surface area contributed by atoms with E-state index >= 15 is 0 Å². The van der Waals surface area contributed by atoms with E-state index in [-0.39, 0.29) is 0 Å². The van der Waals surface area contributed by atoms with Crippen LogP contribution in [0.5, 0.6) is 0 Å². The van der Waals surface area contributed by atoms with Crippen molar-refractivity contribution in [1.29, 1.82) is 0 Å². The molecule has 0 unspecified atom stereocenters. The number of nitrogens with one attached hydrogen (secondary N) is 1. The van der Waals surface area contributed by atoms with E-state index in [1.165, 1.54) is 55.5 Å². The molecule has 0 radical (unpaired) electrons. The molecule has 1 N–H and O–H groups in total. The lowest BCUT2D eigenvalue weighted by Crippen LogP contribution is -2.27. The van der Waals surface area contributed by atoms with Crippen LogP contribution in [0.3, 0.4) is 0 Å². The average molecular weight is 263 g/mol. The Morgan fingerprint density at radius 3 is 2.78 bits per heavy atom. The van der Waals surface area contributed by atoms with Crippen molar-refractivity contribution in [3.63, 3.8) is 0 Å². The summed E-state index contributed by atoms with van der Waals surface area (Å²) < 4.78 is 0. The predicted molar refractivity (Wildman–Crippen MR) is 82.2 cm³/mol. The van der Waals surface area contributed by atoms with Crippen LogP contribution < -0.4 is 5.32 Å². The Morgan fingerprint density at radius 2 is 2.00 bits per heavy atom. The zero-order valence-electron chi connectivity index (χ0n) is 11.5. The van der Waals surface area contributed by atoms with Crippen LogP contribution in [-0.4, -0.2) is 18.3 Å². The quantitative estimate of drug-likeness (QED) is 0.742. The Bertz CT molecular complexity index is 345. The molecule has 0 bridgehead atoms. The van der Waals surface area contributed by atoms with Gasteiger partial charge in [-0.25, -0.2) is 0 Å². The number of rotatable bonds is 7. The smallest absolute Gasteiger partial charge is 0.0187 e. The summed E-state index contributed by atoms with van der Waals surface area (Å²) in [6, 6.07) is 9.54. The standard InChI is InChI=1S/C16H25NS/c1-14-7-2-3-8-15(14)13-18-12-6-11-17-16-9-4-5-10-16/h2-3,7-8,16-17H,4-6,9-13H2,1H3. The summed E-state index contributed by atoms with van der Waals surface area (Å²) >= 11 is 2.06. The van der Waals surface area contributed by atoms with E-state index in [0.717, 1.165) is 11.8 Å². The highest BCUT2D eigenvalue weighted by atomic mass is 32.2. The maximum Gasteiger partial charge on any atom is 0.0187 e. The molecule has 1 aromatic carbocycles. The topological polar surface area (TPSA) is 12.0 Å².